The summed E-state index contributed by atoms with van der Waals surface area (Å²) in [5.41, 5.74) is 17.9. The minimum absolute atomic E-state index is 0.538. The fourth-order valence-corrected chi connectivity index (χ4v) is 14.6. The van der Waals surface area contributed by atoms with Gasteiger partial charge in [0.05, 0.1) is 0 Å². The second-order valence-electron chi connectivity index (χ2n) is 17.4. The van der Waals surface area contributed by atoms with E-state index in [-0.39, 0.29) is 0 Å². The third kappa shape index (κ3) is 6.35. The van der Waals surface area contributed by atoms with Crippen molar-refractivity contribution in [2.45, 2.75) is 0 Å². The molecule has 1 aliphatic rings. The maximum atomic E-state index is 2.53. The van der Waals surface area contributed by atoms with Crippen molar-refractivity contribution < 1.29 is 0 Å². The molecule has 0 atom stereocenters. The van der Waals surface area contributed by atoms with Crippen LogP contribution in [0, 0.1) is 0 Å². The summed E-state index contributed by atoms with van der Waals surface area (Å²) >= 11 is 1.67. The second kappa shape index (κ2) is 16.0. The van der Waals surface area contributed by atoms with E-state index in [0.29, 0.717) is 0 Å². The van der Waals surface area contributed by atoms with Crippen molar-refractivity contribution in [1.82, 2.24) is 0 Å². The van der Waals surface area contributed by atoms with E-state index in [0.717, 1.165) is 0 Å². The van der Waals surface area contributed by atoms with Crippen LogP contribution < -0.4 is 13.2 Å². The van der Waals surface area contributed by atoms with E-state index < -0.39 is 15.4 Å². The summed E-state index contributed by atoms with van der Waals surface area (Å²) in [5, 5.41) is 10.1. The summed E-state index contributed by atoms with van der Waals surface area (Å²) < 4.78 is 4.33. The zero-order valence-electron chi connectivity index (χ0n) is 36.0. The van der Waals surface area contributed by atoms with Crippen molar-refractivity contribution in [1.29, 1.82) is 0 Å². The van der Waals surface area contributed by atoms with E-state index in [9.17, 15) is 0 Å². The van der Waals surface area contributed by atoms with Gasteiger partial charge in [0.2, 0.25) is 0 Å². The van der Waals surface area contributed by atoms with E-state index in [1.807, 2.05) is 0 Å². The van der Waals surface area contributed by atoms with Crippen LogP contribution in [0.4, 0.5) is 0 Å². The molecule has 0 saturated carbocycles. The molecule has 0 nitrogen and oxygen atoms in total. The molecule has 12 aromatic rings. The molecule has 303 valence electrons. The summed E-state index contributed by atoms with van der Waals surface area (Å²) in [6, 6.07) is 88.7. The van der Waals surface area contributed by atoms with Gasteiger partial charge in [0.25, 0.3) is 0 Å². The van der Waals surface area contributed by atoms with Crippen LogP contribution in [0.5, 0.6) is 0 Å². The van der Waals surface area contributed by atoms with Crippen molar-refractivity contribution in [3.63, 3.8) is 0 Å². The van der Waals surface area contributed by atoms with Crippen LogP contribution in [0.1, 0.15) is 0 Å². The maximum absolute atomic E-state index is 2.53. The van der Waals surface area contributed by atoms with E-state index >= 15 is 0 Å². The fraction of sp³-hybridized carbons (Fsp3) is 0. The van der Waals surface area contributed by atoms with Gasteiger partial charge in [-0.3, -0.25) is 0 Å². The van der Waals surface area contributed by atoms with Crippen molar-refractivity contribution in [3.8, 4) is 77.9 Å². The molecular weight excluding hydrogens is 914 g/mol. The van der Waals surface area contributed by atoms with Gasteiger partial charge in [0, 0.05) is 0 Å². The Morgan fingerprint density at radius 2 is 0.606 bits per heavy atom. The molecule has 0 bridgehead atoms. The van der Waals surface area contributed by atoms with Crippen molar-refractivity contribution >= 4 is 88.2 Å². The molecule has 0 unspecified atom stereocenters. The summed E-state index contributed by atoms with van der Waals surface area (Å²) in [6.07, 6.45) is 0. The number of rotatable bonds is 6. The van der Waals surface area contributed by atoms with Crippen molar-refractivity contribution in [2.24, 2.45) is 0 Å². The minimum atomic E-state index is -0.538. The monoisotopic (exact) mass is 955 g/mol. The first-order valence-electron chi connectivity index (χ1n) is 22.7. The summed E-state index contributed by atoms with van der Waals surface area (Å²) in [6.45, 7) is 0. The molecule has 5 radical (unpaired) electrons. The predicted molar refractivity (Wildman–Crippen MR) is 285 cm³/mol. The normalized spacial score (nSPS) is 12.0. The molecule has 0 N–H and O–H groups in total. The number of hydrogen-bond donors (Lipinski definition) is 0. The first-order chi connectivity index (χ1) is 32.7. The Morgan fingerprint density at radius 1 is 0.242 bits per heavy atom. The van der Waals surface area contributed by atoms with Gasteiger partial charge >= 0.3 is 366 Å². The molecule has 0 amide bonds. The molecular formula is C64H39Ge2. The Morgan fingerprint density at radius 3 is 1.17 bits per heavy atom. The Kier molecular flexibility index (Phi) is 9.51. The van der Waals surface area contributed by atoms with Gasteiger partial charge in [-0.2, -0.15) is 0 Å². The molecule has 0 aliphatic carbocycles. The first-order valence-corrected chi connectivity index (χ1v) is 25.8. The molecule has 0 aromatic heterocycles. The molecule has 0 spiro atoms. The van der Waals surface area contributed by atoms with Gasteiger partial charge in [0.1, 0.15) is 0 Å². The topological polar surface area (TPSA) is 0 Å². The van der Waals surface area contributed by atoms with Gasteiger partial charge in [-0.05, 0) is 0 Å². The zero-order chi connectivity index (χ0) is 43.7. The molecule has 0 fully saturated rings. The predicted octanol–water partition coefficient (Wildman–Crippen LogP) is 14.7. The molecule has 0 saturated heterocycles. The average molecular weight is 953 g/mol. The average Bonchev–Trinajstić information content (AvgIpc) is 3.77. The standard InChI is InChI=1S/C64H39Ge2/c65-60-35-9-7-23-47(60)43-22-11-21-42(37-43)46-27-14-31-52-58(46)39-59-48(54-33-16-34-55-49-24-8-10-36-61(49)66-64(54)55)28-15-32-53(59)63(52)62-50-29-12-25-44(40-17-3-1-4-18-40)56(50)38-57-45(26-13-30-51(57)62)41-19-5-2-6-20-41/h1-39H. The third-order valence-corrected chi connectivity index (χ3v) is 17.8. The van der Waals surface area contributed by atoms with Crippen LogP contribution in [-0.4, -0.2) is 31.9 Å². The van der Waals surface area contributed by atoms with E-state index in [1.54, 1.807) is 0 Å². The number of benzene rings is 12. The van der Waals surface area contributed by atoms with E-state index in [4.69, 9.17) is 0 Å². The van der Waals surface area contributed by atoms with Crippen molar-refractivity contribution in [3.05, 3.63) is 237 Å². The molecule has 1 aliphatic heterocycles. The summed E-state index contributed by atoms with van der Waals surface area (Å²) in [5.74, 6) is 0. The molecule has 1 heterocycles. The fourth-order valence-electron chi connectivity index (χ4n) is 10.8. The van der Waals surface area contributed by atoms with Gasteiger partial charge in [-0.25, -0.2) is 0 Å². The summed E-state index contributed by atoms with van der Waals surface area (Å²) in [4.78, 5) is 0. The van der Waals surface area contributed by atoms with Gasteiger partial charge in [-0.1, -0.05) is 36.4 Å². The summed E-state index contributed by atoms with van der Waals surface area (Å²) in [7, 11) is 0. The number of fused-ring (bicyclic) bond motifs is 7. The van der Waals surface area contributed by atoms with Crippen LogP contribution in [-0.2, 0) is 0 Å². The van der Waals surface area contributed by atoms with Crippen LogP contribution in [0.2, 0.25) is 0 Å². The van der Waals surface area contributed by atoms with Crippen LogP contribution >= 0.6 is 0 Å². The first kappa shape index (κ1) is 39.2. The Hall–Kier alpha value is -7.23. The Bertz CT molecular complexity index is 3810. The quantitative estimate of drug-likeness (QED) is 0.115. The van der Waals surface area contributed by atoms with Crippen molar-refractivity contribution in [2.75, 3.05) is 0 Å². The van der Waals surface area contributed by atoms with Crippen LogP contribution in [0.3, 0.4) is 0 Å². The molecule has 66 heavy (non-hydrogen) atoms. The molecule has 12 aromatic carbocycles. The zero-order valence-corrected chi connectivity index (χ0v) is 40.2. The van der Waals surface area contributed by atoms with Gasteiger partial charge in [0.15, 0.2) is 0 Å². The SMILES string of the molecule is [Ge][c]1ccccc1-c1cccc(-c2cccc3c(-c4c5cccc(-c6ccccc6)c5cc5c(-c6ccccc6)cccc45)c4cccc(-c5cccc6[c]5[Ge][c]5ccccc5-6)c4cc23)c1. The van der Waals surface area contributed by atoms with Crippen LogP contribution in [0.25, 0.3) is 121 Å². The second-order valence-corrected chi connectivity index (χ2v) is 21.2. The van der Waals surface area contributed by atoms with Crippen LogP contribution in [0.15, 0.2) is 237 Å². The third-order valence-electron chi connectivity index (χ3n) is 13.7. The van der Waals surface area contributed by atoms with E-state index in [2.05, 4.69) is 253 Å². The molecule has 2 heteroatoms. The number of hydrogen-bond acceptors (Lipinski definition) is 0. The van der Waals surface area contributed by atoms with Gasteiger partial charge in [-0.15, -0.1) is 0 Å². The Labute approximate surface area is 399 Å². The molecule has 13 rings (SSSR count). The van der Waals surface area contributed by atoms with E-state index in [1.165, 1.54) is 134 Å². The Balaban J connectivity index is 1.19. The van der Waals surface area contributed by atoms with Gasteiger partial charge < -0.3 is 0 Å².